The highest BCUT2D eigenvalue weighted by Crippen LogP contribution is 2.45. The van der Waals surface area contributed by atoms with Gasteiger partial charge in [0.05, 0.1) is 5.41 Å². The molecule has 3 fully saturated rings. The zero-order valence-electron chi connectivity index (χ0n) is 15.2. The Morgan fingerprint density at radius 2 is 1.69 bits per heavy atom. The number of piperidine rings is 1. The molecule has 1 aliphatic carbocycles. The molecule has 4 rings (SSSR count). The molecule has 3 aliphatic rings. The van der Waals surface area contributed by atoms with Crippen LogP contribution in [0.25, 0.3) is 0 Å². The SMILES string of the molecule is O=C(O)[C@H]1CC2(CCN(C(=O)C3(c4ccccc4)CCCC3)CC2)CN1. The van der Waals surface area contributed by atoms with E-state index in [1.54, 1.807) is 0 Å². The largest absolute Gasteiger partial charge is 0.480 e. The van der Waals surface area contributed by atoms with E-state index < -0.39 is 12.0 Å². The minimum atomic E-state index is -0.755. The van der Waals surface area contributed by atoms with E-state index in [4.69, 9.17) is 0 Å². The smallest absolute Gasteiger partial charge is 0.320 e. The van der Waals surface area contributed by atoms with Crippen LogP contribution in [0.4, 0.5) is 0 Å². The molecule has 2 N–H and O–H groups in total. The van der Waals surface area contributed by atoms with Gasteiger partial charge < -0.3 is 15.3 Å². The van der Waals surface area contributed by atoms with Gasteiger partial charge in [-0.2, -0.15) is 0 Å². The van der Waals surface area contributed by atoms with E-state index in [-0.39, 0.29) is 16.7 Å². The highest BCUT2D eigenvalue weighted by Gasteiger charge is 2.48. The molecule has 1 aromatic carbocycles. The molecule has 0 unspecified atom stereocenters. The Morgan fingerprint density at radius 1 is 1.04 bits per heavy atom. The van der Waals surface area contributed by atoms with E-state index in [9.17, 15) is 14.7 Å². The van der Waals surface area contributed by atoms with Crippen molar-refractivity contribution in [2.45, 2.75) is 56.4 Å². The zero-order chi connectivity index (χ0) is 18.2. The summed E-state index contributed by atoms with van der Waals surface area (Å²) in [6.45, 7) is 2.26. The number of likely N-dealkylation sites (tertiary alicyclic amines) is 1. The van der Waals surface area contributed by atoms with E-state index in [0.717, 1.165) is 63.7 Å². The first-order chi connectivity index (χ1) is 12.5. The Balaban J connectivity index is 1.47. The van der Waals surface area contributed by atoms with Crippen molar-refractivity contribution in [3.8, 4) is 0 Å². The van der Waals surface area contributed by atoms with Gasteiger partial charge >= 0.3 is 5.97 Å². The van der Waals surface area contributed by atoms with Gasteiger partial charge in [-0.15, -0.1) is 0 Å². The first-order valence-electron chi connectivity index (χ1n) is 9.86. The van der Waals surface area contributed by atoms with Gasteiger partial charge in [-0.1, -0.05) is 43.2 Å². The Morgan fingerprint density at radius 3 is 2.27 bits per heavy atom. The molecule has 1 saturated carbocycles. The lowest BCUT2D eigenvalue weighted by Gasteiger charge is -2.42. The Bertz CT molecular complexity index is 674. The summed E-state index contributed by atoms with van der Waals surface area (Å²) in [5.74, 6) is -0.467. The Labute approximate surface area is 154 Å². The predicted octanol–water partition coefficient (Wildman–Crippen LogP) is 2.55. The van der Waals surface area contributed by atoms with Crippen molar-refractivity contribution < 1.29 is 14.7 Å². The Kier molecular flexibility index (Phi) is 4.51. The number of amides is 1. The van der Waals surface area contributed by atoms with Gasteiger partial charge in [-0.3, -0.25) is 9.59 Å². The molecule has 26 heavy (non-hydrogen) atoms. The standard InChI is InChI=1S/C21H28N2O3/c24-18(25)17-14-20(15-22-17)10-12-23(13-11-20)19(26)21(8-4-5-9-21)16-6-2-1-3-7-16/h1-3,6-7,17,22H,4-5,8-15H2,(H,24,25)/t17-/m1/s1. The minimum absolute atomic E-state index is 0.0510. The van der Waals surface area contributed by atoms with Gasteiger partial charge in [0.15, 0.2) is 0 Å². The van der Waals surface area contributed by atoms with Crippen LogP contribution in [0, 0.1) is 5.41 Å². The first-order valence-corrected chi connectivity index (χ1v) is 9.86. The molecule has 2 saturated heterocycles. The number of hydrogen-bond acceptors (Lipinski definition) is 3. The van der Waals surface area contributed by atoms with Crippen molar-refractivity contribution in [1.29, 1.82) is 0 Å². The highest BCUT2D eigenvalue weighted by atomic mass is 16.4. The van der Waals surface area contributed by atoms with Crippen LogP contribution in [0.2, 0.25) is 0 Å². The lowest BCUT2D eigenvalue weighted by Crippen LogP contribution is -2.51. The van der Waals surface area contributed by atoms with Crippen LogP contribution in [0.15, 0.2) is 30.3 Å². The lowest BCUT2D eigenvalue weighted by atomic mass is 9.74. The topological polar surface area (TPSA) is 69.6 Å². The molecule has 0 radical (unpaired) electrons. The fraction of sp³-hybridized carbons (Fsp3) is 0.619. The molecule has 0 bridgehead atoms. The molecule has 5 nitrogen and oxygen atoms in total. The number of carboxylic acid groups (broad SMARTS) is 1. The van der Waals surface area contributed by atoms with Crippen molar-refractivity contribution in [3.05, 3.63) is 35.9 Å². The summed E-state index contributed by atoms with van der Waals surface area (Å²) in [6, 6.07) is 9.85. The number of hydrogen-bond donors (Lipinski definition) is 2. The molecule has 140 valence electrons. The van der Waals surface area contributed by atoms with Crippen LogP contribution in [-0.4, -0.2) is 47.6 Å². The molecule has 1 spiro atoms. The average molecular weight is 356 g/mol. The number of nitrogens with one attached hydrogen (secondary N) is 1. The van der Waals surface area contributed by atoms with Crippen LogP contribution < -0.4 is 5.32 Å². The molecular weight excluding hydrogens is 328 g/mol. The van der Waals surface area contributed by atoms with Crippen LogP contribution in [0.1, 0.15) is 50.5 Å². The molecule has 1 atom stereocenters. The second kappa shape index (κ2) is 6.69. The predicted molar refractivity (Wildman–Crippen MR) is 98.9 cm³/mol. The number of rotatable bonds is 3. The van der Waals surface area contributed by atoms with Gasteiger partial charge in [0.2, 0.25) is 5.91 Å². The van der Waals surface area contributed by atoms with E-state index >= 15 is 0 Å². The summed E-state index contributed by atoms with van der Waals surface area (Å²) in [7, 11) is 0. The van der Waals surface area contributed by atoms with E-state index in [2.05, 4.69) is 22.3 Å². The monoisotopic (exact) mass is 356 g/mol. The number of aliphatic carboxylic acids is 1. The van der Waals surface area contributed by atoms with Crippen LogP contribution in [0.5, 0.6) is 0 Å². The zero-order valence-corrected chi connectivity index (χ0v) is 15.2. The van der Waals surface area contributed by atoms with Gasteiger partial charge in [0.1, 0.15) is 6.04 Å². The molecule has 5 heteroatoms. The molecule has 0 aromatic heterocycles. The molecule has 1 aromatic rings. The van der Waals surface area contributed by atoms with Crippen LogP contribution in [0.3, 0.4) is 0 Å². The third-order valence-electron chi connectivity index (χ3n) is 6.96. The van der Waals surface area contributed by atoms with Crippen molar-refractivity contribution in [2.24, 2.45) is 5.41 Å². The van der Waals surface area contributed by atoms with Crippen LogP contribution >= 0.6 is 0 Å². The molecular formula is C21H28N2O3. The third kappa shape index (κ3) is 2.92. The number of carboxylic acids is 1. The van der Waals surface area contributed by atoms with Gasteiger partial charge in [0.25, 0.3) is 0 Å². The van der Waals surface area contributed by atoms with Crippen molar-refractivity contribution in [2.75, 3.05) is 19.6 Å². The normalized spacial score (nSPS) is 26.9. The number of carbonyl (C=O) groups is 2. The fourth-order valence-corrected chi connectivity index (χ4v) is 5.32. The summed E-state index contributed by atoms with van der Waals surface area (Å²) >= 11 is 0. The maximum atomic E-state index is 13.5. The summed E-state index contributed by atoms with van der Waals surface area (Å²) in [5.41, 5.74) is 0.870. The second-order valence-corrected chi connectivity index (χ2v) is 8.42. The van der Waals surface area contributed by atoms with E-state index in [0.29, 0.717) is 6.42 Å². The average Bonchev–Trinajstić information content (AvgIpc) is 3.31. The van der Waals surface area contributed by atoms with E-state index in [1.807, 2.05) is 18.2 Å². The van der Waals surface area contributed by atoms with Crippen molar-refractivity contribution >= 4 is 11.9 Å². The first kappa shape index (κ1) is 17.5. The fourth-order valence-electron chi connectivity index (χ4n) is 5.32. The molecule has 2 heterocycles. The van der Waals surface area contributed by atoms with Crippen LogP contribution in [-0.2, 0) is 15.0 Å². The summed E-state index contributed by atoms with van der Waals surface area (Å²) in [5, 5.41) is 12.4. The summed E-state index contributed by atoms with van der Waals surface area (Å²) < 4.78 is 0. The lowest BCUT2D eigenvalue weighted by molar-refractivity contribution is -0.141. The number of carbonyl (C=O) groups excluding carboxylic acids is 1. The highest BCUT2D eigenvalue weighted by molar-refractivity contribution is 5.88. The second-order valence-electron chi connectivity index (χ2n) is 8.42. The summed E-state index contributed by atoms with van der Waals surface area (Å²) in [4.78, 5) is 26.8. The maximum Gasteiger partial charge on any atom is 0.320 e. The maximum absolute atomic E-state index is 13.5. The molecule has 2 aliphatic heterocycles. The Hall–Kier alpha value is -1.88. The van der Waals surface area contributed by atoms with E-state index in [1.165, 1.54) is 0 Å². The number of nitrogens with zero attached hydrogens (tertiary/aromatic N) is 1. The third-order valence-corrected chi connectivity index (χ3v) is 6.96. The van der Waals surface area contributed by atoms with Crippen molar-refractivity contribution in [1.82, 2.24) is 10.2 Å². The summed E-state index contributed by atoms with van der Waals surface area (Å²) in [6.07, 6.45) is 6.61. The quantitative estimate of drug-likeness (QED) is 0.873. The van der Waals surface area contributed by atoms with Gasteiger partial charge in [-0.25, -0.2) is 0 Å². The molecule has 1 amide bonds. The number of benzene rings is 1. The van der Waals surface area contributed by atoms with Gasteiger partial charge in [0, 0.05) is 19.6 Å². The van der Waals surface area contributed by atoms with Crippen molar-refractivity contribution in [3.63, 3.8) is 0 Å². The minimum Gasteiger partial charge on any atom is -0.480 e. The van der Waals surface area contributed by atoms with Gasteiger partial charge in [-0.05, 0) is 43.1 Å².